The van der Waals surface area contributed by atoms with Crippen LogP contribution in [0.3, 0.4) is 0 Å². The summed E-state index contributed by atoms with van der Waals surface area (Å²) in [7, 11) is 0. The van der Waals surface area contributed by atoms with Crippen LogP contribution in [0.25, 0.3) is 0 Å². The van der Waals surface area contributed by atoms with Crippen molar-refractivity contribution >= 4 is 0 Å². The van der Waals surface area contributed by atoms with Crippen molar-refractivity contribution < 1.29 is 14.2 Å². The average Bonchev–Trinajstić information content (AvgIpc) is 2.65. The molecule has 4 aliphatic rings. The van der Waals surface area contributed by atoms with Crippen LogP contribution < -0.4 is 0 Å². The number of ether oxygens (including phenoxy) is 3. The molecule has 0 amide bonds. The SMILES string of the molecule is CC1OC2OC3OCC4C3CC2C14. The molecular formula is C10H14O3. The highest BCUT2D eigenvalue weighted by Crippen LogP contribution is 2.58. The molecule has 7 unspecified atom stereocenters. The van der Waals surface area contributed by atoms with Crippen molar-refractivity contribution in [2.24, 2.45) is 23.7 Å². The summed E-state index contributed by atoms with van der Waals surface area (Å²) in [6.45, 7) is 3.08. The lowest BCUT2D eigenvalue weighted by Gasteiger charge is -2.30. The number of fused-ring (bicyclic) bond motifs is 1. The van der Waals surface area contributed by atoms with Crippen LogP contribution in [0.1, 0.15) is 13.3 Å². The molecule has 0 aromatic heterocycles. The number of rotatable bonds is 0. The lowest BCUT2D eigenvalue weighted by atomic mass is 9.87. The molecule has 0 spiro atoms. The summed E-state index contributed by atoms with van der Waals surface area (Å²) >= 11 is 0. The lowest BCUT2D eigenvalue weighted by Crippen LogP contribution is -2.35. The zero-order valence-electron chi connectivity index (χ0n) is 7.68. The van der Waals surface area contributed by atoms with Gasteiger partial charge in [-0.2, -0.15) is 0 Å². The van der Waals surface area contributed by atoms with Crippen LogP contribution in [0.5, 0.6) is 0 Å². The summed E-state index contributed by atoms with van der Waals surface area (Å²) in [5.41, 5.74) is 0. The van der Waals surface area contributed by atoms with Crippen LogP contribution in [0, 0.1) is 23.7 Å². The van der Waals surface area contributed by atoms with Gasteiger partial charge in [-0.15, -0.1) is 0 Å². The molecule has 3 nitrogen and oxygen atoms in total. The van der Waals surface area contributed by atoms with Gasteiger partial charge in [-0.1, -0.05) is 0 Å². The highest BCUT2D eigenvalue weighted by atomic mass is 16.8. The third kappa shape index (κ3) is 0.694. The van der Waals surface area contributed by atoms with Crippen LogP contribution in [0.2, 0.25) is 0 Å². The van der Waals surface area contributed by atoms with Gasteiger partial charge in [0.25, 0.3) is 0 Å². The summed E-state index contributed by atoms with van der Waals surface area (Å²) in [6.07, 6.45) is 1.76. The molecule has 3 aliphatic heterocycles. The fourth-order valence-electron chi connectivity index (χ4n) is 3.92. The second-order valence-electron chi connectivity index (χ2n) is 4.85. The molecule has 3 heterocycles. The van der Waals surface area contributed by atoms with E-state index in [0.717, 1.165) is 12.5 Å². The Morgan fingerprint density at radius 1 is 1.00 bits per heavy atom. The first kappa shape index (κ1) is 7.21. The Hall–Kier alpha value is -0.120. The maximum atomic E-state index is 5.79. The minimum absolute atomic E-state index is 0.0477. The molecule has 0 aromatic rings. The van der Waals surface area contributed by atoms with E-state index in [-0.39, 0.29) is 12.6 Å². The second kappa shape index (κ2) is 2.10. The van der Waals surface area contributed by atoms with Crippen molar-refractivity contribution in [3.63, 3.8) is 0 Å². The van der Waals surface area contributed by atoms with Gasteiger partial charge < -0.3 is 14.2 Å². The van der Waals surface area contributed by atoms with Crippen molar-refractivity contribution in [1.29, 1.82) is 0 Å². The molecular weight excluding hydrogens is 168 g/mol. The van der Waals surface area contributed by atoms with Crippen LogP contribution in [-0.4, -0.2) is 25.3 Å². The highest BCUT2D eigenvalue weighted by Gasteiger charge is 2.63. The van der Waals surface area contributed by atoms with Crippen molar-refractivity contribution in [3.8, 4) is 0 Å². The number of hydrogen-bond donors (Lipinski definition) is 0. The third-order valence-corrected chi connectivity index (χ3v) is 4.39. The van der Waals surface area contributed by atoms with E-state index in [1.165, 1.54) is 6.42 Å². The normalized spacial score (nSPS) is 67.6. The minimum Gasteiger partial charge on any atom is -0.352 e. The lowest BCUT2D eigenvalue weighted by molar-refractivity contribution is -0.266. The molecule has 3 heteroatoms. The Labute approximate surface area is 77.3 Å². The van der Waals surface area contributed by atoms with Gasteiger partial charge in [0.05, 0.1) is 12.7 Å². The summed E-state index contributed by atoms with van der Waals surface area (Å²) < 4.78 is 17.2. The Balaban J connectivity index is 1.82. The largest absolute Gasteiger partial charge is 0.352 e. The molecule has 1 saturated carbocycles. The predicted octanol–water partition coefficient (Wildman–Crippen LogP) is 0.986. The van der Waals surface area contributed by atoms with Gasteiger partial charge in [0.15, 0.2) is 12.6 Å². The molecule has 7 atom stereocenters. The zero-order chi connectivity index (χ0) is 8.58. The second-order valence-corrected chi connectivity index (χ2v) is 4.85. The molecule has 0 aromatic carbocycles. The molecule has 13 heavy (non-hydrogen) atoms. The predicted molar refractivity (Wildman–Crippen MR) is 43.7 cm³/mol. The Bertz CT molecular complexity index is 255. The Kier molecular flexibility index (Phi) is 1.16. The van der Waals surface area contributed by atoms with E-state index in [0.29, 0.717) is 23.9 Å². The molecule has 0 N–H and O–H groups in total. The first-order valence-corrected chi connectivity index (χ1v) is 5.27. The average molecular weight is 182 g/mol. The molecule has 1 aliphatic carbocycles. The molecule has 4 fully saturated rings. The van der Waals surface area contributed by atoms with Crippen molar-refractivity contribution in [2.75, 3.05) is 6.61 Å². The Morgan fingerprint density at radius 3 is 2.85 bits per heavy atom. The van der Waals surface area contributed by atoms with Gasteiger partial charge >= 0.3 is 0 Å². The van der Waals surface area contributed by atoms with Crippen LogP contribution in [0.4, 0.5) is 0 Å². The summed E-state index contributed by atoms with van der Waals surface area (Å²) in [6, 6.07) is 0. The van der Waals surface area contributed by atoms with E-state index < -0.39 is 0 Å². The third-order valence-electron chi connectivity index (χ3n) is 4.39. The van der Waals surface area contributed by atoms with E-state index in [1.54, 1.807) is 0 Å². The summed E-state index contributed by atoms with van der Waals surface area (Å²) in [5.74, 6) is 2.78. The monoisotopic (exact) mass is 182 g/mol. The molecule has 0 radical (unpaired) electrons. The van der Waals surface area contributed by atoms with Gasteiger partial charge in [-0.05, 0) is 25.2 Å². The topological polar surface area (TPSA) is 27.7 Å². The van der Waals surface area contributed by atoms with E-state index in [9.17, 15) is 0 Å². The van der Waals surface area contributed by atoms with Crippen molar-refractivity contribution in [1.82, 2.24) is 0 Å². The van der Waals surface area contributed by atoms with E-state index in [2.05, 4.69) is 6.92 Å². The number of hydrogen-bond acceptors (Lipinski definition) is 3. The quantitative estimate of drug-likeness (QED) is 0.559. The standard InChI is InChI=1S/C10H14O3/c1-4-8-6-2-5-7(8)3-11-9(5)13-10(6)12-4/h4-10H,2-3H2,1H3. The molecule has 4 rings (SSSR count). The maximum absolute atomic E-state index is 5.79. The summed E-state index contributed by atoms with van der Waals surface area (Å²) in [5, 5.41) is 0. The van der Waals surface area contributed by atoms with Crippen LogP contribution in [0.15, 0.2) is 0 Å². The van der Waals surface area contributed by atoms with E-state index >= 15 is 0 Å². The first-order chi connectivity index (χ1) is 6.34. The maximum Gasteiger partial charge on any atom is 0.164 e. The molecule has 2 bridgehead atoms. The smallest absolute Gasteiger partial charge is 0.164 e. The van der Waals surface area contributed by atoms with Crippen molar-refractivity contribution in [3.05, 3.63) is 0 Å². The Morgan fingerprint density at radius 2 is 1.92 bits per heavy atom. The fraction of sp³-hybridized carbons (Fsp3) is 1.00. The van der Waals surface area contributed by atoms with Gasteiger partial charge in [-0.3, -0.25) is 0 Å². The van der Waals surface area contributed by atoms with Crippen LogP contribution in [-0.2, 0) is 14.2 Å². The zero-order valence-corrected chi connectivity index (χ0v) is 7.68. The van der Waals surface area contributed by atoms with Crippen LogP contribution >= 0.6 is 0 Å². The highest BCUT2D eigenvalue weighted by molar-refractivity contribution is 5.04. The van der Waals surface area contributed by atoms with Gasteiger partial charge in [0.2, 0.25) is 0 Å². The van der Waals surface area contributed by atoms with E-state index in [1.807, 2.05) is 0 Å². The van der Waals surface area contributed by atoms with Gasteiger partial charge in [0, 0.05) is 11.8 Å². The van der Waals surface area contributed by atoms with Gasteiger partial charge in [0.1, 0.15) is 0 Å². The molecule has 3 saturated heterocycles. The van der Waals surface area contributed by atoms with Gasteiger partial charge in [-0.25, -0.2) is 0 Å². The minimum atomic E-state index is 0.0477. The first-order valence-electron chi connectivity index (χ1n) is 5.27. The van der Waals surface area contributed by atoms with E-state index in [4.69, 9.17) is 14.2 Å². The fourth-order valence-corrected chi connectivity index (χ4v) is 3.92. The van der Waals surface area contributed by atoms with Crippen molar-refractivity contribution in [2.45, 2.75) is 32.0 Å². The summed E-state index contributed by atoms with van der Waals surface area (Å²) in [4.78, 5) is 0. The molecule has 72 valence electrons.